The van der Waals surface area contributed by atoms with E-state index < -0.39 is 0 Å². The summed E-state index contributed by atoms with van der Waals surface area (Å²) >= 11 is 3.34. The van der Waals surface area contributed by atoms with Crippen LogP contribution < -0.4 is 5.32 Å². The van der Waals surface area contributed by atoms with Crippen molar-refractivity contribution in [3.8, 4) is 5.82 Å². The van der Waals surface area contributed by atoms with E-state index in [1.165, 1.54) is 0 Å². The van der Waals surface area contributed by atoms with Gasteiger partial charge >= 0.3 is 0 Å². The Morgan fingerprint density at radius 2 is 2.25 bits per heavy atom. The average Bonchev–Trinajstić information content (AvgIpc) is 2.74. The lowest BCUT2D eigenvalue weighted by atomic mass is 10.5. The van der Waals surface area contributed by atoms with Gasteiger partial charge in [0.2, 0.25) is 0 Å². The lowest BCUT2D eigenvalue weighted by Crippen LogP contribution is -2.05. The molecule has 16 heavy (non-hydrogen) atoms. The molecular formula is C10H12BrN5. The fourth-order valence-corrected chi connectivity index (χ4v) is 1.52. The van der Waals surface area contributed by atoms with E-state index in [1.807, 2.05) is 6.20 Å². The van der Waals surface area contributed by atoms with Gasteiger partial charge < -0.3 is 5.32 Å². The van der Waals surface area contributed by atoms with Crippen LogP contribution in [0.1, 0.15) is 13.3 Å². The van der Waals surface area contributed by atoms with Crippen LogP contribution in [-0.2, 0) is 0 Å². The molecule has 0 amide bonds. The summed E-state index contributed by atoms with van der Waals surface area (Å²) in [5, 5.41) is 7.33. The molecule has 0 aliphatic rings. The Morgan fingerprint density at radius 1 is 1.38 bits per heavy atom. The first-order valence-corrected chi connectivity index (χ1v) is 5.85. The molecule has 2 rings (SSSR count). The second-order valence-corrected chi connectivity index (χ2v) is 4.21. The van der Waals surface area contributed by atoms with Crippen molar-refractivity contribution in [2.24, 2.45) is 0 Å². The minimum atomic E-state index is 0.701. The fraction of sp³-hybridized carbons (Fsp3) is 0.300. The minimum Gasteiger partial charge on any atom is -0.369 e. The predicted molar refractivity (Wildman–Crippen MR) is 65.6 cm³/mol. The Hall–Kier alpha value is -1.43. The largest absolute Gasteiger partial charge is 0.369 e. The van der Waals surface area contributed by atoms with Crippen molar-refractivity contribution >= 4 is 21.7 Å². The number of aromatic nitrogens is 4. The van der Waals surface area contributed by atoms with Crippen molar-refractivity contribution < 1.29 is 0 Å². The van der Waals surface area contributed by atoms with Crippen LogP contribution in [0.3, 0.4) is 0 Å². The van der Waals surface area contributed by atoms with Gasteiger partial charge in [-0.25, -0.2) is 9.67 Å². The highest BCUT2D eigenvalue weighted by molar-refractivity contribution is 9.10. The van der Waals surface area contributed by atoms with Gasteiger partial charge in [-0.15, -0.1) is 0 Å². The van der Waals surface area contributed by atoms with E-state index in [0.717, 1.165) is 23.3 Å². The molecule has 0 saturated heterocycles. The summed E-state index contributed by atoms with van der Waals surface area (Å²) in [5.74, 6) is 1.47. The third-order valence-corrected chi connectivity index (χ3v) is 2.37. The molecule has 0 atom stereocenters. The number of hydrogen-bond acceptors (Lipinski definition) is 4. The van der Waals surface area contributed by atoms with Crippen molar-refractivity contribution in [2.75, 3.05) is 11.9 Å². The second kappa shape index (κ2) is 5.07. The molecule has 2 heterocycles. The Balaban J connectivity index is 2.22. The maximum Gasteiger partial charge on any atom is 0.174 e. The summed E-state index contributed by atoms with van der Waals surface area (Å²) in [7, 11) is 0. The van der Waals surface area contributed by atoms with Gasteiger partial charge in [-0.1, -0.05) is 6.92 Å². The zero-order valence-corrected chi connectivity index (χ0v) is 10.5. The summed E-state index contributed by atoms with van der Waals surface area (Å²) in [6.07, 6.45) is 7.99. The molecule has 0 radical (unpaired) electrons. The monoisotopic (exact) mass is 281 g/mol. The van der Waals surface area contributed by atoms with E-state index in [2.05, 4.69) is 43.2 Å². The summed E-state index contributed by atoms with van der Waals surface area (Å²) in [5.41, 5.74) is 0. The summed E-state index contributed by atoms with van der Waals surface area (Å²) < 4.78 is 2.59. The van der Waals surface area contributed by atoms with Crippen LogP contribution >= 0.6 is 15.9 Å². The van der Waals surface area contributed by atoms with E-state index in [1.54, 1.807) is 23.3 Å². The zero-order chi connectivity index (χ0) is 11.4. The van der Waals surface area contributed by atoms with E-state index in [4.69, 9.17) is 0 Å². The van der Waals surface area contributed by atoms with Crippen LogP contribution in [0.4, 0.5) is 5.82 Å². The first-order chi connectivity index (χ1) is 7.79. The Kier molecular flexibility index (Phi) is 3.51. The Morgan fingerprint density at radius 3 is 2.94 bits per heavy atom. The molecule has 0 aliphatic heterocycles. The average molecular weight is 282 g/mol. The topological polar surface area (TPSA) is 55.6 Å². The molecule has 2 aromatic rings. The molecule has 0 unspecified atom stereocenters. The van der Waals surface area contributed by atoms with Gasteiger partial charge in [0.25, 0.3) is 0 Å². The number of nitrogens with one attached hydrogen (secondary N) is 1. The molecule has 2 aromatic heterocycles. The minimum absolute atomic E-state index is 0.701. The number of nitrogens with zero attached hydrogens (tertiary/aromatic N) is 4. The SMILES string of the molecule is CCCNc1cncc(-n2cc(Br)cn2)n1. The molecular weight excluding hydrogens is 270 g/mol. The predicted octanol–water partition coefficient (Wildman–Crippen LogP) is 2.25. The van der Waals surface area contributed by atoms with Crippen molar-refractivity contribution in [2.45, 2.75) is 13.3 Å². The number of rotatable bonds is 4. The van der Waals surface area contributed by atoms with Gasteiger partial charge in [-0.05, 0) is 22.4 Å². The molecule has 0 fully saturated rings. The molecule has 0 saturated carbocycles. The van der Waals surface area contributed by atoms with E-state index in [9.17, 15) is 0 Å². The molecule has 0 aromatic carbocycles. The van der Waals surface area contributed by atoms with E-state index in [-0.39, 0.29) is 0 Å². The van der Waals surface area contributed by atoms with Gasteiger partial charge in [0.15, 0.2) is 5.82 Å². The van der Waals surface area contributed by atoms with Gasteiger partial charge in [0, 0.05) is 12.7 Å². The quantitative estimate of drug-likeness (QED) is 0.934. The van der Waals surface area contributed by atoms with Crippen LogP contribution in [0.2, 0.25) is 0 Å². The fourth-order valence-electron chi connectivity index (χ4n) is 1.23. The molecule has 0 spiro atoms. The highest BCUT2D eigenvalue weighted by atomic mass is 79.9. The first-order valence-electron chi connectivity index (χ1n) is 5.06. The molecule has 1 N–H and O–H groups in total. The molecule has 0 aliphatic carbocycles. The van der Waals surface area contributed by atoms with Crippen LogP contribution in [0.15, 0.2) is 29.3 Å². The number of hydrogen-bond donors (Lipinski definition) is 1. The first kappa shape index (κ1) is 11.1. The summed E-state index contributed by atoms with van der Waals surface area (Å²) in [6, 6.07) is 0. The van der Waals surface area contributed by atoms with Crippen molar-refractivity contribution in [1.82, 2.24) is 19.7 Å². The van der Waals surface area contributed by atoms with Crippen molar-refractivity contribution in [3.63, 3.8) is 0 Å². The van der Waals surface area contributed by atoms with Crippen LogP contribution in [0, 0.1) is 0 Å². The normalized spacial score (nSPS) is 10.4. The Labute approximate surface area is 102 Å². The smallest absolute Gasteiger partial charge is 0.174 e. The number of halogens is 1. The van der Waals surface area contributed by atoms with Crippen LogP contribution in [-0.4, -0.2) is 26.3 Å². The summed E-state index contributed by atoms with van der Waals surface area (Å²) in [4.78, 5) is 8.52. The number of anilines is 1. The standard InChI is InChI=1S/C10H12BrN5/c1-2-3-13-9-5-12-6-10(15-9)16-7-8(11)4-14-16/h4-7H,2-3H2,1H3,(H,13,15). The lowest BCUT2D eigenvalue weighted by Gasteiger charge is -2.05. The molecule has 6 heteroatoms. The maximum absolute atomic E-state index is 4.40. The third kappa shape index (κ3) is 2.57. The lowest BCUT2D eigenvalue weighted by molar-refractivity contribution is 0.835. The van der Waals surface area contributed by atoms with Gasteiger partial charge in [0.05, 0.1) is 23.1 Å². The summed E-state index contributed by atoms with van der Waals surface area (Å²) in [6.45, 7) is 3.00. The molecule has 5 nitrogen and oxygen atoms in total. The van der Waals surface area contributed by atoms with Crippen LogP contribution in [0.5, 0.6) is 0 Å². The van der Waals surface area contributed by atoms with Crippen molar-refractivity contribution in [1.29, 1.82) is 0 Å². The van der Waals surface area contributed by atoms with Gasteiger partial charge in [-0.3, -0.25) is 4.98 Å². The van der Waals surface area contributed by atoms with E-state index in [0.29, 0.717) is 5.82 Å². The molecule has 0 bridgehead atoms. The highest BCUT2D eigenvalue weighted by Gasteiger charge is 2.02. The second-order valence-electron chi connectivity index (χ2n) is 3.29. The van der Waals surface area contributed by atoms with Crippen LogP contribution in [0.25, 0.3) is 5.82 Å². The molecule has 84 valence electrons. The van der Waals surface area contributed by atoms with Gasteiger partial charge in [0.1, 0.15) is 5.82 Å². The highest BCUT2D eigenvalue weighted by Crippen LogP contribution is 2.11. The van der Waals surface area contributed by atoms with Crippen molar-refractivity contribution in [3.05, 3.63) is 29.3 Å². The van der Waals surface area contributed by atoms with Gasteiger partial charge in [-0.2, -0.15) is 5.10 Å². The zero-order valence-electron chi connectivity index (χ0n) is 8.89. The Bertz CT molecular complexity index is 468. The third-order valence-electron chi connectivity index (χ3n) is 1.96. The van der Waals surface area contributed by atoms with E-state index >= 15 is 0 Å². The maximum atomic E-state index is 4.40.